The number of para-hydroxylation sites is 2. The Kier molecular flexibility index (Phi) is 7.46. The van der Waals surface area contributed by atoms with Crippen molar-refractivity contribution in [2.45, 2.75) is 51.6 Å². The van der Waals surface area contributed by atoms with Gasteiger partial charge >= 0.3 is 5.97 Å². The van der Waals surface area contributed by atoms with Gasteiger partial charge in [0.1, 0.15) is 11.3 Å². The summed E-state index contributed by atoms with van der Waals surface area (Å²) in [6.45, 7) is 5.04. The van der Waals surface area contributed by atoms with Crippen molar-refractivity contribution >= 4 is 17.1 Å². The fourth-order valence-electron chi connectivity index (χ4n) is 3.16. The number of unbranched alkanes of at least 4 members (excludes halogenated alkanes) is 1. The molecule has 0 atom stereocenters. The smallest absolute Gasteiger partial charge is 0.347 e. The summed E-state index contributed by atoms with van der Waals surface area (Å²) in [6, 6.07) is 15.5. The summed E-state index contributed by atoms with van der Waals surface area (Å²) in [6.07, 6.45) is 5.02. The molecule has 2 N–H and O–H groups in total. The molecule has 160 valence electrons. The van der Waals surface area contributed by atoms with E-state index in [4.69, 9.17) is 14.3 Å². The van der Waals surface area contributed by atoms with E-state index in [1.807, 2.05) is 48.5 Å². The van der Waals surface area contributed by atoms with E-state index in [0.29, 0.717) is 5.75 Å². The normalized spacial score (nSPS) is 11.7. The molecule has 6 heteroatoms. The zero-order valence-corrected chi connectivity index (χ0v) is 17.7. The fraction of sp³-hybridized carbons (Fsp3) is 0.417. The Morgan fingerprint density at radius 2 is 1.77 bits per heavy atom. The molecule has 3 rings (SSSR count). The van der Waals surface area contributed by atoms with Crippen molar-refractivity contribution in [3.63, 3.8) is 0 Å². The number of hydrogen-bond acceptors (Lipinski definition) is 5. The maximum atomic E-state index is 11.1. The van der Waals surface area contributed by atoms with E-state index >= 15 is 0 Å². The monoisotopic (exact) mass is 410 g/mol. The van der Waals surface area contributed by atoms with Crippen LogP contribution >= 0.6 is 0 Å². The van der Waals surface area contributed by atoms with Crippen molar-refractivity contribution in [1.29, 1.82) is 0 Å². The van der Waals surface area contributed by atoms with Crippen LogP contribution in [0.2, 0.25) is 0 Å². The van der Waals surface area contributed by atoms with Crippen molar-refractivity contribution in [2.24, 2.45) is 0 Å². The molecule has 0 spiro atoms. The molecule has 0 saturated heterocycles. The number of carboxylic acid groups (broad SMARTS) is 1. The van der Waals surface area contributed by atoms with Crippen molar-refractivity contribution < 1.29 is 19.1 Å². The van der Waals surface area contributed by atoms with Crippen LogP contribution in [0.3, 0.4) is 0 Å². The molecule has 0 aliphatic rings. The summed E-state index contributed by atoms with van der Waals surface area (Å²) in [5.41, 5.74) is 1.77. The van der Waals surface area contributed by atoms with Gasteiger partial charge in [-0.2, -0.15) is 0 Å². The van der Waals surface area contributed by atoms with Gasteiger partial charge in [-0.05, 0) is 82.4 Å². The molecular formula is C24H30N2O4. The predicted octanol–water partition coefficient (Wildman–Crippen LogP) is 4.61. The molecule has 2 aromatic carbocycles. The quantitative estimate of drug-likeness (QED) is 0.424. The highest BCUT2D eigenvalue weighted by Crippen LogP contribution is 2.20. The van der Waals surface area contributed by atoms with E-state index in [9.17, 15) is 4.79 Å². The number of benzene rings is 2. The molecule has 0 aliphatic heterocycles. The lowest BCUT2D eigenvalue weighted by Gasteiger charge is -2.21. The summed E-state index contributed by atoms with van der Waals surface area (Å²) in [5.74, 6) is 0.407. The SMILES string of the molecule is CC(C)(Oc1ccc(CCCNCCCCc2nc3ccccc3o2)cc1)C(=O)O. The number of aryl methyl sites for hydroxylation is 2. The zero-order valence-electron chi connectivity index (χ0n) is 17.7. The van der Waals surface area contributed by atoms with Crippen LogP contribution in [0.4, 0.5) is 0 Å². The van der Waals surface area contributed by atoms with Gasteiger partial charge in [-0.15, -0.1) is 0 Å². The van der Waals surface area contributed by atoms with Gasteiger partial charge in [0.15, 0.2) is 17.1 Å². The highest BCUT2D eigenvalue weighted by Gasteiger charge is 2.29. The second-order valence-corrected chi connectivity index (χ2v) is 7.95. The minimum absolute atomic E-state index is 0.572. The lowest BCUT2D eigenvalue weighted by Crippen LogP contribution is -2.37. The second kappa shape index (κ2) is 10.3. The van der Waals surface area contributed by atoms with Gasteiger partial charge in [-0.25, -0.2) is 9.78 Å². The van der Waals surface area contributed by atoms with Crippen LogP contribution in [-0.2, 0) is 17.6 Å². The minimum Gasteiger partial charge on any atom is -0.478 e. The first-order valence-corrected chi connectivity index (χ1v) is 10.5. The Labute approximate surface area is 177 Å². The largest absolute Gasteiger partial charge is 0.478 e. The molecule has 0 bridgehead atoms. The van der Waals surface area contributed by atoms with Crippen molar-refractivity contribution in [2.75, 3.05) is 13.1 Å². The molecule has 0 fully saturated rings. The maximum absolute atomic E-state index is 11.1. The van der Waals surface area contributed by atoms with Gasteiger partial charge in [0, 0.05) is 6.42 Å². The second-order valence-electron chi connectivity index (χ2n) is 7.95. The maximum Gasteiger partial charge on any atom is 0.347 e. The molecule has 0 amide bonds. The molecular weight excluding hydrogens is 380 g/mol. The number of carbonyl (C=O) groups is 1. The number of rotatable bonds is 12. The summed E-state index contributed by atoms with van der Waals surface area (Å²) < 4.78 is 11.3. The van der Waals surface area contributed by atoms with Crippen LogP contribution in [0.5, 0.6) is 5.75 Å². The molecule has 3 aromatic rings. The van der Waals surface area contributed by atoms with Crippen molar-refractivity contribution in [3.05, 3.63) is 60.0 Å². The van der Waals surface area contributed by atoms with Crippen LogP contribution in [0.1, 0.15) is 44.6 Å². The molecule has 0 radical (unpaired) electrons. The van der Waals surface area contributed by atoms with E-state index < -0.39 is 11.6 Å². The third-order valence-corrected chi connectivity index (χ3v) is 4.96. The first-order chi connectivity index (χ1) is 14.4. The molecule has 1 heterocycles. The summed E-state index contributed by atoms with van der Waals surface area (Å²) in [4.78, 5) is 15.6. The minimum atomic E-state index is -1.23. The van der Waals surface area contributed by atoms with Gasteiger partial charge in [0.2, 0.25) is 0 Å². The standard InChI is InChI=1S/C24H30N2O4/c1-24(2,23(27)28)30-19-14-12-18(13-15-19)8-7-17-25-16-6-5-11-22-26-20-9-3-4-10-21(20)29-22/h3-4,9-10,12-15,25H,5-8,11,16-17H2,1-2H3,(H,27,28). The summed E-state index contributed by atoms with van der Waals surface area (Å²) >= 11 is 0. The van der Waals surface area contributed by atoms with E-state index in [1.165, 1.54) is 5.56 Å². The lowest BCUT2D eigenvalue weighted by molar-refractivity contribution is -0.152. The number of carboxylic acids is 1. The number of oxazole rings is 1. The van der Waals surface area contributed by atoms with Crippen molar-refractivity contribution in [3.8, 4) is 5.75 Å². The van der Waals surface area contributed by atoms with Crippen LogP contribution < -0.4 is 10.1 Å². The Morgan fingerprint density at radius 1 is 1.03 bits per heavy atom. The van der Waals surface area contributed by atoms with Crippen molar-refractivity contribution in [1.82, 2.24) is 10.3 Å². The fourth-order valence-corrected chi connectivity index (χ4v) is 3.16. The highest BCUT2D eigenvalue weighted by molar-refractivity contribution is 5.76. The van der Waals surface area contributed by atoms with Gasteiger partial charge in [0.05, 0.1) is 0 Å². The Morgan fingerprint density at radius 3 is 2.50 bits per heavy atom. The summed E-state index contributed by atoms with van der Waals surface area (Å²) in [7, 11) is 0. The number of nitrogens with zero attached hydrogens (tertiary/aromatic N) is 1. The molecule has 1 aromatic heterocycles. The zero-order chi connectivity index (χ0) is 21.4. The van der Waals surface area contributed by atoms with Crippen LogP contribution in [0.25, 0.3) is 11.1 Å². The number of nitrogens with one attached hydrogen (secondary N) is 1. The van der Waals surface area contributed by atoms with Gasteiger partial charge in [-0.3, -0.25) is 0 Å². The number of fused-ring (bicyclic) bond motifs is 1. The topological polar surface area (TPSA) is 84.6 Å². The van der Waals surface area contributed by atoms with Crippen LogP contribution in [0, 0.1) is 0 Å². The molecule has 6 nitrogen and oxygen atoms in total. The Hall–Kier alpha value is -2.86. The van der Waals surface area contributed by atoms with Gasteiger partial charge in [0.25, 0.3) is 0 Å². The number of aromatic nitrogens is 1. The van der Waals surface area contributed by atoms with Crippen LogP contribution in [0.15, 0.2) is 52.9 Å². The van der Waals surface area contributed by atoms with E-state index in [-0.39, 0.29) is 0 Å². The van der Waals surface area contributed by atoms with Gasteiger partial charge < -0.3 is 19.6 Å². The molecule has 0 aliphatic carbocycles. The summed E-state index contributed by atoms with van der Waals surface area (Å²) in [5, 5.41) is 12.6. The first kappa shape index (κ1) is 21.8. The van der Waals surface area contributed by atoms with E-state index in [2.05, 4.69) is 10.3 Å². The lowest BCUT2D eigenvalue weighted by atomic mass is 10.1. The van der Waals surface area contributed by atoms with Crippen LogP contribution in [-0.4, -0.2) is 34.8 Å². The Bertz CT molecular complexity index is 914. The molecule has 30 heavy (non-hydrogen) atoms. The predicted molar refractivity (Wildman–Crippen MR) is 117 cm³/mol. The number of ether oxygens (including phenoxy) is 1. The molecule has 0 unspecified atom stereocenters. The average molecular weight is 411 g/mol. The third-order valence-electron chi connectivity index (χ3n) is 4.96. The van der Waals surface area contributed by atoms with E-state index in [0.717, 1.165) is 62.2 Å². The number of hydrogen-bond donors (Lipinski definition) is 2. The highest BCUT2D eigenvalue weighted by atomic mass is 16.5. The first-order valence-electron chi connectivity index (χ1n) is 10.5. The Balaban J connectivity index is 1.27. The number of aliphatic carboxylic acids is 1. The van der Waals surface area contributed by atoms with Gasteiger partial charge in [-0.1, -0.05) is 24.3 Å². The van der Waals surface area contributed by atoms with E-state index in [1.54, 1.807) is 13.8 Å². The molecule has 0 saturated carbocycles. The third kappa shape index (κ3) is 6.32. The average Bonchev–Trinajstić information content (AvgIpc) is 3.13.